The molecule has 1 aliphatic rings. The molecule has 0 amide bonds. The fourth-order valence-corrected chi connectivity index (χ4v) is 4.23. The Bertz CT molecular complexity index is 1170. The first-order valence-electron chi connectivity index (χ1n) is 10.7. The maximum Gasteiger partial charge on any atom is 0.338 e. The second-order valence-corrected chi connectivity index (χ2v) is 8.36. The van der Waals surface area contributed by atoms with E-state index in [0.717, 1.165) is 23.2 Å². The summed E-state index contributed by atoms with van der Waals surface area (Å²) in [6, 6.07) is 12.4. The summed E-state index contributed by atoms with van der Waals surface area (Å²) >= 11 is 12.2. The Hall–Kier alpha value is -3.03. The van der Waals surface area contributed by atoms with Gasteiger partial charge in [-0.3, -0.25) is 0 Å². The largest absolute Gasteiger partial charge is 0.489 e. The van der Waals surface area contributed by atoms with E-state index in [2.05, 4.69) is 22.3 Å². The van der Waals surface area contributed by atoms with Crippen molar-refractivity contribution >= 4 is 35.1 Å². The molecule has 1 atom stereocenters. The molecular weight excluding hydrogens is 463 g/mol. The van der Waals surface area contributed by atoms with Crippen LogP contribution in [-0.2, 0) is 16.1 Å². The summed E-state index contributed by atoms with van der Waals surface area (Å²) in [6.45, 7) is 4.46. The van der Waals surface area contributed by atoms with Crippen LogP contribution in [0.1, 0.15) is 43.9 Å². The number of rotatable bonds is 8. The van der Waals surface area contributed by atoms with E-state index in [-0.39, 0.29) is 5.97 Å². The van der Waals surface area contributed by atoms with E-state index >= 15 is 0 Å². The molecule has 1 aromatic heterocycles. The number of allylic oxidation sites excluding steroid dienone is 1. The lowest BCUT2D eigenvalue weighted by Gasteiger charge is -2.29. The Balaban J connectivity index is 1.62. The summed E-state index contributed by atoms with van der Waals surface area (Å²) in [5, 5.41) is 8.74. The van der Waals surface area contributed by atoms with E-state index in [0.29, 0.717) is 47.0 Å². The average molecular weight is 487 g/mol. The maximum absolute atomic E-state index is 13.0. The fourth-order valence-electron chi connectivity index (χ4n) is 3.76. The third kappa shape index (κ3) is 4.99. The molecule has 0 saturated heterocycles. The van der Waals surface area contributed by atoms with Crippen LogP contribution < -0.4 is 10.1 Å². The second kappa shape index (κ2) is 10.3. The van der Waals surface area contributed by atoms with Gasteiger partial charge in [-0.1, -0.05) is 54.7 Å². The molecule has 2 aromatic carbocycles. The molecule has 172 valence electrons. The SMILES string of the molecule is CCCC1=C(C(=O)OCC)[C@H](c2ccc(OCc3ccc(Cl)cc3Cl)cc2)n2ncnc2N1. The highest BCUT2D eigenvalue weighted by Gasteiger charge is 2.35. The number of carbonyl (C=O) groups excluding carboxylic acids is 1. The highest BCUT2D eigenvalue weighted by Crippen LogP contribution is 2.37. The summed E-state index contributed by atoms with van der Waals surface area (Å²) < 4.78 is 13.0. The van der Waals surface area contributed by atoms with Gasteiger partial charge in [-0.2, -0.15) is 10.1 Å². The number of carbonyl (C=O) groups is 1. The highest BCUT2D eigenvalue weighted by atomic mass is 35.5. The number of hydrogen-bond acceptors (Lipinski definition) is 6. The molecule has 0 radical (unpaired) electrons. The smallest absolute Gasteiger partial charge is 0.338 e. The van der Waals surface area contributed by atoms with Crippen LogP contribution in [0.15, 0.2) is 60.1 Å². The molecule has 7 nitrogen and oxygen atoms in total. The van der Waals surface area contributed by atoms with Crippen molar-refractivity contribution < 1.29 is 14.3 Å². The van der Waals surface area contributed by atoms with Crippen molar-refractivity contribution in [3.8, 4) is 5.75 Å². The molecule has 1 aliphatic heterocycles. The monoisotopic (exact) mass is 486 g/mol. The van der Waals surface area contributed by atoms with Crippen molar-refractivity contribution in [2.45, 2.75) is 39.3 Å². The number of aromatic nitrogens is 3. The van der Waals surface area contributed by atoms with Crippen molar-refractivity contribution in [3.63, 3.8) is 0 Å². The average Bonchev–Trinajstić information content (AvgIpc) is 3.27. The maximum atomic E-state index is 13.0. The van der Waals surface area contributed by atoms with Gasteiger partial charge < -0.3 is 14.8 Å². The molecule has 0 spiro atoms. The quantitative estimate of drug-likeness (QED) is 0.405. The van der Waals surface area contributed by atoms with Gasteiger partial charge in [-0.15, -0.1) is 0 Å². The topological polar surface area (TPSA) is 78.3 Å². The number of ether oxygens (including phenoxy) is 2. The third-order valence-electron chi connectivity index (χ3n) is 5.28. The van der Waals surface area contributed by atoms with Crippen molar-refractivity contribution in [1.29, 1.82) is 0 Å². The van der Waals surface area contributed by atoms with Crippen LogP contribution in [0.2, 0.25) is 10.0 Å². The molecule has 2 heterocycles. The van der Waals surface area contributed by atoms with Crippen LogP contribution in [0.5, 0.6) is 5.75 Å². The first-order valence-corrected chi connectivity index (χ1v) is 11.5. The van der Waals surface area contributed by atoms with Crippen molar-refractivity contribution in [3.05, 3.63) is 81.2 Å². The Morgan fingerprint density at radius 3 is 2.64 bits per heavy atom. The van der Waals surface area contributed by atoms with E-state index in [4.69, 9.17) is 32.7 Å². The van der Waals surface area contributed by atoms with Gasteiger partial charge in [-0.25, -0.2) is 9.48 Å². The van der Waals surface area contributed by atoms with E-state index in [1.807, 2.05) is 30.3 Å². The summed E-state index contributed by atoms with van der Waals surface area (Å²) in [7, 11) is 0. The number of halogens is 2. The predicted molar refractivity (Wildman–Crippen MR) is 128 cm³/mol. The Kier molecular flexibility index (Phi) is 7.20. The zero-order chi connectivity index (χ0) is 23.4. The van der Waals surface area contributed by atoms with Gasteiger partial charge in [0.25, 0.3) is 0 Å². The lowest BCUT2D eigenvalue weighted by molar-refractivity contribution is -0.139. The summed E-state index contributed by atoms with van der Waals surface area (Å²) in [5.74, 6) is 0.902. The Morgan fingerprint density at radius 2 is 1.94 bits per heavy atom. The summed E-state index contributed by atoms with van der Waals surface area (Å²) in [4.78, 5) is 17.3. The van der Waals surface area contributed by atoms with Crippen LogP contribution in [0, 0.1) is 0 Å². The molecule has 0 unspecified atom stereocenters. The molecule has 0 aliphatic carbocycles. The molecule has 3 aromatic rings. The minimum atomic E-state index is -0.455. The number of anilines is 1. The minimum Gasteiger partial charge on any atom is -0.489 e. The molecule has 33 heavy (non-hydrogen) atoms. The van der Waals surface area contributed by atoms with Gasteiger partial charge in [0.1, 0.15) is 24.7 Å². The molecular formula is C24H24Cl2N4O3. The van der Waals surface area contributed by atoms with Gasteiger partial charge >= 0.3 is 5.97 Å². The van der Waals surface area contributed by atoms with Gasteiger partial charge in [0.05, 0.1) is 12.2 Å². The van der Waals surface area contributed by atoms with Crippen LogP contribution in [-0.4, -0.2) is 27.3 Å². The Morgan fingerprint density at radius 1 is 1.15 bits per heavy atom. The zero-order valence-corrected chi connectivity index (χ0v) is 19.9. The normalized spacial score (nSPS) is 15.1. The molecule has 1 N–H and O–H groups in total. The third-order valence-corrected chi connectivity index (χ3v) is 5.87. The van der Waals surface area contributed by atoms with Crippen LogP contribution in [0.4, 0.5) is 5.95 Å². The number of benzene rings is 2. The van der Waals surface area contributed by atoms with Gasteiger partial charge in [0.2, 0.25) is 5.95 Å². The van der Waals surface area contributed by atoms with Gasteiger partial charge in [-0.05, 0) is 43.2 Å². The summed E-state index contributed by atoms with van der Waals surface area (Å²) in [6.07, 6.45) is 3.03. The number of nitrogens with zero attached hydrogens (tertiary/aromatic N) is 3. The number of hydrogen-bond donors (Lipinski definition) is 1. The van der Waals surface area contributed by atoms with Crippen molar-refractivity contribution in [1.82, 2.24) is 14.8 Å². The summed E-state index contributed by atoms with van der Waals surface area (Å²) in [5.41, 5.74) is 3.06. The lowest BCUT2D eigenvalue weighted by atomic mass is 9.94. The van der Waals surface area contributed by atoms with Crippen molar-refractivity contribution in [2.24, 2.45) is 0 Å². The van der Waals surface area contributed by atoms with E-state index in [9.17, 15) is 4.79 Å². The lowest BCUT2D eigenvalue weighted by Crippen LogP contribution is -2.30. The predicted octanol–water partition coefficient (Wildman–Crippen LogP) is 5.80. The molecule has 4 rings (SSSR count). The molecule has 9 heteroatoms. The first kappa shape index (κ1) is 23.1. The van der Waals surface area contributed by atoms with Gasteiger partial charge in [0.15, 0.2) is 0 Å². The van der Waals surface area contributed by atoms with Crippen LogP contribution >= 0.6 is 23.2 Å². The molecule has 0 fully saturated rings. The van der Waals surface area contributed by atoms with Crippen molar-refractivity contribution in [2.75, 3.05) is 11.9 Å². The molecule has 0 saturated carbocycles. The number of nitrogens with one attached hydrogen (secondary N) is 1. The standard InChI is InChI=1S/C24H24Cl2N4O3/c1-3-5-20-21(23(31)32-4-2)22(30-24(29-20)27-14-28-30)15-7-10-18(11-8-15)33-13-16-6-9-17(25)12-19(16)26/h6-12,14,22H,3-5,13H2,1-2H3,(H,27,28,29)/t22-/m0/s1. The minimum absolute atomic E-state index is 0.290. The highest BCUT2D eigenvalue weighted by molar-refractivity contribution is 6.35. The first-order chi connectivity index (χ1) is 16.0. The molecule has 0 bridgehead atoms. The van der Waals surface area contributed by atoms with Crippen LogP contribution in [0.3, 0.4) is 0 Å². The number of esters is 1. The van der Waals surface area contributed by atoms with E-state index in [1.165, 1.54) is 6.33 Å². The van der Waals surface area contributed by atoms with Gasteiger partial charge in [0, 0.05) is 21.3 Å². The second-order valence-electron chi connectivity index (χ2n) is 7.51. The fraction of sp³-hybridized carbons (Fsp3) is 0.292. The van der Waals surface area contributed by atoms with E-state index < -0.39 is 6.04 Å². The number of fused-ring (bicyclic) bond motifs is 1. The zero-order valence-electron chi connectivity index (χ0n) is 18.3. The Labute approximate surface area is 202 Å². The van der Waals surface area contributed by atoms with E-state index in [1.54, 1.807) is 23.7 Å². The van der Waals surface area contributed by atoms with Crippen LogP contribution in [0.25, 0.3) is 0 Å².